The molecule has 2 aromatic carbocycles. The topological polar surface area (TPSA) is 44.8 Å². The molecule has 0 saturated carbocycles. The highest BCUT2D eigenvalue weighted by Gasteiger charge is 2.32. The Morgan fingerprint density at radius 3 is 2.64 bits per heavy atom. The number of carbonyl (C=O) groups is 1. The normalized spacial score (nSPS) is 19.0. The van der Waals surface area contributed by atoms with Gasteiger partial charge in [-0.25, -0.2) is 0 Å². The van der Waals surface area contributed by atoms with E-state index >= 15 is 0 Å². The summed E-state index contributed by atoms with van der Waals surface area (Å²) in [5, 5.41) is 0. The number of aldehydes is 1. The molecule has 1 fully saturated rings. The molecule has 0 aliphatic carbocycles. The van der Waals surface area contributed by atoms with Crippen LogP contribution in [0.5, 0.6) is 5.75 Å². The molecule has 3 rings (SSSR count). The third-order valence-corrected chi connectivity index (χ3v) is 4.49. The lowest BCUT2D eigenvalue weighted by Crippen LogP contribution is -2.25. The lowest BCUT2D eigenvalue weighted by atomic mass is 9.94. The number of benzene rings is 2. The Balaban J connectivity index is 1.74. The van der Waals surface area contributed by atoms with Crippen LogP contribution in [0.25, 0.3) is 11.1 Å². The molecule has 0 radical (unpaired) electrons. The molecule has 1 atom stereocenters. The third-order valence-electron chi connectivity index (χ3n) is 4.49. The van der Waals surface area contributed by atoms with Crippen LogP contribution < -0.4 is 4.74 Å². The van der Waals surface area contributed by atoms with Gasteiger partial charge in [0, 0.05) is 5.56 Å². The third kappa shape index (κ3) is 3.91. The summed E-state index contributed by atoms with van der Waals surface area (Å²) in [4.78, 5) is 11.2. The van der Waals surface area contributed by atoms with E-state index in [0.29, 0.717) is 13.2 Å². The van der Waals surface area contributed by atoms with Crippen LogP contribution in [-0.2, 0) is 9.47 Å². The first kappa shape index (κ1) is 17.6. The van der Waals surface area contributed by atoms with E-state index in [1.54, 1.807) is 0 Å². The fraction of sp³-hybridized carbons (Fsp3) is 0.381. The largest absolute Gasteiger partial charge is 0.491 e. The van der Waals surface area contributed by atoms with Gasteiger partial charge in [0.2, 0.25) is 0 Å². The second kappa shape index (κ2) is 6.98. The molecule has 1 heterocycles. The van der Waals surface area contributed by atoms with Crippen molar-refractivity contribution in [2.75, 3.05) is 13.2 Å². The fourth-order valence-corrected chi connectivity index (χ4v) is 3.14. The summed E-state index contributed by atoms with van der Waals surface area (Å²) in [6.07, 6.45) is 0.845. The van der Waals surface area contributed by atoms with Crippen molar-refractivity contribution in [1.82, 2.24) is 0 Å². The van der Waals surface area contributed by atoms with E-state index in [1.165, 1.54) is 0 Å². The van der Waals surface area contributed by atoms with Gasteiger partial charge in [-0.2, -0.15) is 0 Å². The van der Waals surface area contributed by atoms with Gasteiger partial charge in [0.1, 0.15) is 24.7 Å². The van der Waals surface area contributed by atoms with Gasteiger partial charge in [0.15, 0.2) is 5.79 Å². The van der Waals surface area contributed by atoms with Gasteiger partial charge in [-0.05, 0) is 62.1 Å². The minimum Gasteiger partial charge on any atom is -0.491 e. The molecule has 0 aromatic heterocycles. The lowest BCUT2D eigenvalue weighted by molar-refractivity contribution is -0.141. The van der Waals surface area contributed by atoms with Crippen molar-refractivity contribution in [3.63, 3.8) is 0 Å². The SMILES string of the molecule is Cc1cc(OC[C@H]2COC(C)(C)O2)ccc1-c1cccc(C=O)c1C. The predicted octanol–water partition coefficient (Wildman–Crippen LogP) is 4.31. The molecule has 4 nitrogen and oxygen atoms in total. The summed E-state index contributed by atoms with van der Waals surface area (Å²) in [6, 6.07) is 11.8. The van der Waals surface area contributed by atoms with Gasteiger partial charge in [-0.3, -0.25) is 4.79 Å². The van der Waals surface area contributed by atoms with E-state index in [-0.39, 0.29) is 6.10 Å². The van der Waals surface area contributed by atoms with Crippen LogP contribution in [0.4, 0.5) is 0 Å². The Morgan fingerprint density at radius 1 is 1.20 bits per heavy atom. The molecular weight excluding hydrogens is 316 g/mol. The van der Waals surface area contributed by atoms with Crippen molar-refractivity contribution < 1.29 is 19.0 Å². The summed E-state index contributed by atoms with van der Waals surface area (Å²) < 4.78 is 17.2. The number of aryl methyl sites for hydroxylation is 1. The second-order valence-electron chi connectivity index (χ2n) is 6.88. The highest BCUT2D eigenvalue weighted by atomic mass is 16.7. The van der Waals surface area contributed by atoms with Crippen LogP contribution >= 0.6 is 0 Å². The zero-order chi connectivity index (χ0) is 18.0. The lowest BCUT2D eigenvalue weighted by Gasteiger charge is -2.18. The van der Waals surface area contributed by atoms with Crippen molar-refractivity contribution in [2.45, 2.75) is 39.6 Å². The monoisotopic (exact) mass is 340 g/mol. The Labute approximate surface area is 148 Å². The molecule has 0 N–H and O–H groups in total. The molecule has 25 heavy (non-hydrogen) atoms. The van der Waals surface area contributed by atoms with Crippen LogP contribution in [0, 0.1) is 13.8 Å². The Bertz CT molecular complexity index is 779. The molecule has 0 unspecified atom stereocenters. The molecule has 0 bridgehead atoms. The fourth-order valence-electron chi connectivity index (χ4n) is 3.14. The van der Waals surface area contributed by atoms with Gasteiger partial charge >= 0.3 is 0 Å². The van der Waals surface area contributed by atoms with Crippen LogP contribution in [-0.4, -0.2) is 31.4 Å². The van der Waals surface area contributed by atoms with E-state index in [2.05, 4.69) is 0 Å². The summed E-state index contributed by atoms with van der Waals surface area (Å²) >= 11 is 0. The van der Waals surface area contributed by atoms with Crippen LogP contribution in [0.2, 0.25) is 0 Å². The molecule has 1 saturated heterocycles. The zero-order valence-corrected chi connectivity index (χ0v) is 15.2. The number of hydrogen-bond donors (Lipinski definition) is 0. The molecule has 0 amide bonds. The minimum atomic E-state index is -0.533. The summed E-state index contributed by atoms with van der Waals surface area (Å²) in [6.45, 7) is 8.84. The number of hydrogen-bond acceptors (Lipinski definition) is 4. The van der Waals surface area contributed by atoms with Crippen molar-refractivity contribution in [1.29, 1.82) is 0 Å². The standard InChI is InChI=1S/C21H24O4/c1-14-10-17(23-12-18-13-24-21(3,4)25-18)8-9-19(14)20-7-5-6-16(11-22)15(20)2/h5-11,18H,12-13H2,1-4H3/t18-/m0/s1. The molecule has 132 valence electrons. The molecular formula is C21H24O4. The number of ether oxygens (including phenoxy) is 3. The molecule has 2 aromatic rings. The van der Waals surface area contributed by atoms with Gasteiger partial charge in [0.05, 0.1) is 6.61 Å². The van der Waals surface area contributed by atoms with Gasteiger partial charge < -0.3 is 14.2 Å². The van der Waals surface area contributed by atoms with Crippen molar-refractivity contribution in [3.05, 3.63) is 53.1 Å². The molecule has 0 spiro atoms. The predicted molar refractivity (Wildman–Crippen MR) is 97.1 cm³/mol. The minimum absolute atomic E-state index is 0.0542. The average molecular weight is 340 g/mol. The highest BCUT2D eigenvalue weighted by molar-refractivity contribution is 5.83. The van der Waals surface area contributed by atoms with Gasteiger partial charge in [-0.15, -0.1) is 0 Å². The first-order valence-electron chi connectivity index (χ1n) is 8.50. The maximum Gasteiger partial charge on any atom is 0.163 e. The van der Waals surface area contributed by atoms with Gasteiger partial charge in [-0.1, -0.05) is 24.3 Å². The van der Waals surface area contributed by atoms with E-state index in [0.717, 1.165) is 39.9 Å². The van der Waals surface area contributed by atoms with E-state index in [4.69, 9.17) is 14.2 Å². The smallest absolute Gasteiger partial charge is 0.163 e. The molecule has 4 heteroatoms. The molecule has 1 aliphatic rings. The average Bonchev–Trinajstić information content (AvgIpc) is 2.93. The van der Waals surface area contributed by atoms with Gasteiger partial charge in [0.25, 0.3) is 0 Å². The van der Waals surface area contributed by atoms with Crippen LogP contribution in [0.1, 0.15) is 35.3 Å². The number of rotatable bonds is 5. The second-order valence-corrected chi connectivity index (χ2v) is 6.88. The van der Waals surface area contributed by atoms with E-state index in [1.807, 2.05) is 64.1 Å². The van der Waals surface area contributed by atoms with E-state index < -0.39 is 5.79 Å². The van der Waals surface area contributed by atoms with Crippen molar-refractivity contribution in [3.8, 4) is 16.9 Å². The molecule has 1 aliphatic heterocycles. The Hall–Kier alpha value is -2.17. The van der Waals surface area contributed by atoms with Crippen molar-refractivity contribution >= 4 is 6.29 Å². The highest BCUT2D eigenvalue weighted by Crippen LogP contribution is 2.31. The van der Waals surface area contributed by atoms with Crippen LogP contribution in [0.15, 0.2) is 36.4 Å². The van der Waals surface area contributed by atoms with Crippen molar-refractivity contribution in [2.24, 2.45) is 0 Å². The summed E-state index contributed by atoms with van der Waals surface area (Å²) in [7, 11) is 0. The number of carbonyl (C=O) groups excluding carboxylic acids is 1. The Kier molecular flexibility index (Phi) is 4.93. The summed E-state index contributed by atoms with van der Waals surface area (Å²) in [5.41, 5.74) is 5.00. The Morgan fingerprint density at radius 2 is 2.00 bits per heavy atom. The summed E-state index contributed by atoms with van der Waals surface area (Å²) in [5.74, 6) is 0.272. The zero-order valence-electron chi connectivity index (χ0n) is 15.2. The quantitative estimate of drug-likeness (QED) is 0.761. The van der Waals surface area contributed by atoms with Crippen LogP contribution in [0.3, 0.4) is 0 Å². The van der Waals surface area contributed by atoms with E-state index in [9.17, 15) is 4.79 Å². The maximum atomic E-state index is 11.2. The first-order chi connectivity index (χ1) is 11.9. The maximum absolute atomic E-state index is 11.2. The first-order valence-corrected chi connectivity index (χ1v) is 8.50.